The molecule has 0 aliphatic carbocycles. The quantitative estimate of drug-likeness (QED) is 0.781. The molecule has 0 spiro atoms. The van der Waals surface area contributed by atoms with E-state index in [1.54, 1.807) is 6.92 Å². The van der Waals surface area contributed by atoms with Crippen LogP contribution in [0.3, 0.4) is 0 Å². The minimum absolute atomic E-state index is 0. The molecule has 0 aromatic heterocycles. The maximum atomic E-state index is 11.8. The van der Waals surface area contributed by atoms with Gasteiger partial charge >= 0.3 is 0 Å². The summed E-state index contributed by atoms with van der Waals surface area (Å²) < 4.78 is 5.61. The van der Waals surface area contributed by atoms with Crippen molar-refractivity contribution in [3.63, 3.8) is 0 Å². The number of halogens is 1. The van der Waals surface area contributed by atoms with E-state index >= 15 is 0 Å². The highest BCUT2D eigenvalue weighted by Gasteiger charge is 2.26. The number of amides is 1. The molecule has 0 radical (unpaired) electrons. The molecule has 1 aliphatic rings. The lowest BCUT2D eigenvalue weighted by Gasteiger charge is -2.25. The van der Waals surface area contributed by atoms with Crippen LogP contribution in [0.4, 0.5) is 0 Å². The summed E-state index contributed by atoms with van der Waals surface area (Å²) in [6.07, 6.45) is 6.38. The number of ether oxygens (including phenoxy) is 1. The molecule has 1 aliphatic heterocycles. The third-order valence-electron chi connectivity index (χ3n) is 3.31. The van der Waals surface area contributed by atoms with Crippen molar-refractivity contribution in [2.24, 2.45) is 5.73 Å². The van der Waals surface area contributed by atoms with E-state index in [1.165, 1.54) is 12.8 Å². The number of hydrogen-bond donors (Lipinski definition) is 2. The van der Waals surface area contributed by atoms with Gasteiger partial charge in [0.2, 0.25) is 5.91 Å². The molecule has 18 heavy (non-hydrogen) atoms. The normalized spacial score (nSPS) is 22.7. The number of carbonyl (C=O) groups excluding carboxylic acids is 1. The van der Waals surface area contributed by atoms with E-state index in [4.69, 9.17) is 10.5 Å². The van der Waals surface area contributed by atoms with Gasteiger partial charge in [-0.3, -0.25) is 4.79 Å². The molecule has 0 aromatic carbocycles. The van der Waals surface area contributed by atoms with Crippen molar-refractivity contribution in [3.8, 4) is 0 Å². The fourth-order valence-corrected chi connectivity index (χ4v) is 2.22. The van der Waals surface area contributed by atoms with Crippen LogP contribution in [0, 0.1) is 0 Å². The van der Waals surface area contributed by atoms with E-state index in [-0.39, 0.29) is 18.3 Å². The predicted molar refractivity (Wildman–Crippen MR) is 76.0 cm³/mol. The molecular formula is C13H27ClN2O2. The summed E-state index contributed by atoms with van der Waals surface area (Å²) in [6, 6.07) is 0. The van der Waals surface area contributed by atoms with Crippen molar-refractivity contribution in [1.82, 2.24) is 5.32 Å². The Labute approximate surface area is 116 Å². The van der Waals surface area contributed by atoms with Crippen molar-refractivity contribution in [3.05, 3.63) is 0 Å². The van der Waals surface area contributed by atoms with Gasteiger partial charge in [-0.15, -0.1) is 12.4 Å². The Morgan fingerprint density at radius 1 is 1.50 bits per heavy atom. The number of rotatable bonds is 6. The molecule has 1 heterocycles. The smallest absolute Gasteiger partial charge is 0.239 e. The predicted octanol–water partition coefficient (Wildman–Crippen LogP) is 2.00. The van der Waals surface area contributed by atoms with E-state index < -0.39 is 5.54 Å². The molecule has 0 bridgehead atoms. The van der Waals surface area contributed by atoms with Crippen molar-refractivity contribution < 1.29 is 9.53 Å². The summed E-state index contributed by atoms with van der Waals surface area (Å²) in [5.41, 5.74) is 5.21. The van der Waals surface area contributed by atoms with Gasteiger partial charge in [-0.2, -0.15) is 0 Å². The lowest BCUT2D eigenvalue weighted by Crippen LogP contribution is -2.51. The zero-order valence-corrected chi connectivity index (χ0v) is 12.4. The van der Waals surface area contributed by atoms with E-state index in [0.29, 0.717) is 12.6 Å². The highest BCUT2D eigenvalue weighted by Crippen LogP contribution is 2.15. The van der Waals surface area contributed by atoms with Crippen molar-refractivity contribution in [2.45, 2.75) is 64.0 Å². The van der Waals surface area contributed by atoms with Gasteiger partial charge in [0.15, 0.2) is 0 Å². The number of carbonyl (C=O) groups is 1. The van der Waals surface area contributed by atoms with Crippen LogP contribution in [0.2, 0.25) is 0 Å². The van der Waals surface area contributed by atoms with Crippen LogP contribution < -0.4 is 11.1 Å². The van der Waals surface area contributed by atoms with Gasteiger partial charge in [0, 0.05) is 13.2 Å². The second-order valence-corrected chi connectivity index (χ2v) is 5.20. The molecule has 108 valence electrons. The van der Waals surface area contributed by atoms with E-state index in [0.717, 1.165) is 32.3 Å². The highest BCUT2D eigenvalue weighted by molar-refractivity contribution is 5.85. The van der Waals surface area contributed by atoms with E-state index in [2.05, 4.69) is 5.32 Å². The topological polar surface area (TPSA) is 64.4 Å². The molecule has 3 N–H and O–H groups in total. The van der Waals surface area contributed by atoms with E-state index in [1.807, 2.05) is 6.92 Å². The van der Waals surface area contributed by atoms with Gasteiger partial charge in [0.25, 0.3) is 0 Å². The number of nitrogens with two attached hydrogens (primary N) is 1. The van der Waals surface area contributed by atoms with Gasteiger partial charge in [0.1, 0.15) is 0 Å². The second-order valence-electron chi connectivity index (χ2n) is 5.20. The minimum Gasteiger partial charge on any atom is -0.378 e. The first-order chi connectivity index (χ1) is 8.06. The third kappa shape index (κ3) is 6.03. The van der Waals surface area contributed by atoms with Crippen LogP contribution in [-0.4, -0.2) is 30.7 Å². The fourth-order valence-electron chi connectivity index (χ4n) is 2.22. The van der Waals surface area contributed by atoms with Crippen molar-refractivity contribution >= 4 is 18.3 Å². The SMILES string of the molecule is CCCC(C)(N)C(=O)NCCC1CCCCO1.Cl. The summed E-state index contributed by atoms with van der Waals surface area (Å²) in [6.45, 7) is 5.36. The average Bonchev–Trinajstić information content (AvgIpc) is 2.30. The van der Waals surface area contributed by atoms with E-state index in [9.17, 15) is 4.79 Å². The standard InChI is InChI=1S/C13H26N2O2.ClH/c1-3-8-13(2,14)12(16)15-9-7-11-6-4-5-10-17-11;/h11H,3-10,14H2,1-2H3,(H,15,16);1H. The second kappa shape index (κ2) is 8.73. The zero-order valence-electron chi connectivity index (χ0n) is 11.5. The van der Waals surface area contributed by atoms with Gasteiger partial charge in [-0.05, 0) is 39.0 Å². The monoisotopic (exact) mass is 278 g/mol. The molecular weight excluding hydrogens is 252 g/mol. The summed E-state index contributed by atoms with van der Waals surface area (Å²) in [5.74, 6) is -0.0461. The lowest BCUT2D eigenvalue weighted by atomic mass is 9.96. The van der Waals surface area contributed by atoms with Crippen LogP contribution in [0.15, 0.2) is 0 Å². The average molecular weight is 279 g/mol. The summed E-state index contributed by atoms with van der Waals surface area (Å²) >= 11 is 0. The Hall–Kier alpha value is -0.320. The van der Waals surface area contributed by atoms with Gasteiger partial charge in [-0.25, -0.2) is 0 Å². The molecule has 2 atom stereocenters. The Balaban J connectivity index is 0.00000289. The summed E-state index contributed by atoms with van der Waals surface area (Å²) in [4.78, 5) is 11.8. The molecule has 1 amide bonds. The number of nitrogens with one attached hydrogen (secondary N) is 1. The Bertz CT molecular complexity index is 241. The van der Waals surface area contributed by atoms with Crippen LogP contribution in [0.5, 0.6) is 0 Å². The maximum Gasteiger partial charge on any atom is 0.239 e. The Kier molecular flexibility index (Phi) is 8.57. The first-order valence-electron chi connectivity index (χ1n) is 6.75. The van der Waals surface area contributed by atoms with Gasteiger partial charge < -0.3 is 15.8 Å². The number of hydrogen-bond acceptors (Lipinski definition) is 3. The summed E-state index contributed by atoms with van der Waals surface area (Å²) in [7, 11) is 0. The fraction of sp³-hybridized carbons (Fsp3) is 0.923. The third-order valence-corrected chi connectivity index (χ3v) is 3.31. The van der Waals surface area contributed by atoms with Gasteiger partial charge in [0.05, 0.1) is 11.6 Å². The van der Waals surface area contributed by atoms with Gasteiger partial charge in [-0.1, -0.05) is 13.3 Å². The van der Waals surface area contributed by atoms with Crippen LogP contribution in [-0.2, 0) is 9.53 Å². The molecule has 5 heteroatoms. The van der Waals surface area contributed by atoms with Crippen LogP contribution in [0.25, 0.3) is 0 Å². The van der Waals surface area contributed by atoms with Crippen molar-refractivity contribution in [1.29, 1.82) is 0 Å². The minimum atomic E-state index is -0.734. The summed E-state index contributed by atoms with van der Waals surface area (Å²) in [5, 5.41) is 2.91. The van der Waals surface area contributed by atoms with Crippen LogP contribution >= 0.6 is 12.4 Å². The molecule has 4 nitrogen and oxygen atoms in total. The maximum absolute atomic E-state index is 11.8. The molecule has 1 rings (SSSR count). The zero-order chi connectivity index (χ0) is 12.7. The lowest BCUT2D eigenvalue weighted by molar-refractivity contribution is -0.126. The first kappa shape index (κ1) is 17.7. The largest absolute Gasteiger partial charge is 0.378 e. The molecule has 0 saturated carbocycles. The van der Waals surface area contributed by atoms with Crippen molar-refractivity contribution in [2.75, 3.05) is 13.2 Å². The Morgan fingerprint density at radius 3 is 2.78 bits per heavy atom. The molecule has 0 aromatic rings. The Morgan fingerprint density at radius 2 is 2.22 bits per heavy atom. The first-order valence-corrected chi connectivity index (χ1v) is 6.75. The molecule has 1 fully saturated rings. The van der Waals surface area contributed by atoms with Crippen LogP contribution in [0.1, 0.15) is 52.4 Å². The highest BCUT2D eigenvalue weighted by atomic mass is 35.5. The molecule has 1 saturated heterocycles. The molecule has 2 unspecified atom stereocenters.